The Morgan fingerprint density at radius 1 is 0.650 bits per heavy atom. The molecule has 0 unspecified atom stereocenters. The minimum absolute atomic E-state index is 0.0858. The van der Waals surface area contributed by atoms with Gasteiger partial charge >= 0.3 is 0 Å². The molecule has 4 nitrogen and oxygen atoms in total. The molecule has 106 valence electrons. The number of benzene rings is 1. The second-order valence-electron chi connectivity index (χ2n) is 5.58. The van der Waals surface area contributed by atoms with Crippen LogP contribution in [0.5, 0.6) is 0 Å². The first-order chi connectivity index (χ1) is 9.75. The zero-order valence-electron chi connectivity index (χ0n) is 11.7. The summed E-state index contributed by atoms with van der Waals surface area (Å²) in [5.74, 6) is 0.172. The summed E-state index contributed by atoms with van der Waals surface area (Å²) in [6, 6.07) is 7.13. The molecule has 2 amide bonds. The highest BCUT2D eigenvalue weighted by atomic mass is 16.2. The Hall–Kier alpha value is -1.84. The van der Waals surface area contributed by atoms with Gasteiger partial charge in [-0.1, -0.05) is 0 Å². The largest absolute Gasteiger partial charge is 0.339 e. The van der Waals surface area contributed by atoms with Gasteiger partial charge in [-0.2, -0.15) is 0 Å². The molecule has 0 radical (unpaired) electrons. The van der Waals surface area contributed by atoms with Crippen LogP contribution < -0.4 is 0 Å². The fourth-order valence-corrected chi connectivity index (χ4v) is 2.96. The highest BCUT2D eigenvalue weighted by Gasteiger charge is 2.21. The maximum Gasteiger partial charge on any atom is 0.253 e. The van der Waals surface area contributed by atoms with Crippen LogP contribution in [0.1, 0.15) is 46.4 Å². The predicted octanol–water partition coefficient (Wildman–Crippen LogP) is 2.16. The maximum absolute atomic E-state index is 12.2. The molecule has 0 aliphatic carbocycles. The first-order valence-corrected chi connectivity index (χ1v) is 7.44. The molecule has 0 bridgehead atoms. The molecule has 1 aromatic rings. The van der Waals surface area contributed by atoms with E-state index in [0.717, 1.165) is 51.9 Å². The van der Waals surface area contributed by atoms with Crippen LogP contribution in [0.4, 0.5) is 0 Å². The van der Waals surface area contributed by atoms with Crippen LogP contribution in [0.2, 0.25) is 0 Å². The molecule has 2 heterocycles. The summed E-state index contributed by atoms with van der Waals surface area (Å²) in [5.41, 5.74) is 1.37. The molecule has 3 rings (SSSR count). The minimum atomic E-state index is 0.0858. The Balaban J connectivity index is 1.70. The summed E-state index contributed by atoms with van der Waals surface area (Å²) >= 11 is 0. The number of likely N-dealkylation sites (tertiary alicyclic amines) is 2. The number of hydrogen-bond acceptors (Lipinski definition) is 2. The molecule has 20 heavy (non-hydrogen) atoms. The summed E-state index contributed by atoms with van der Waals surface area (Å²) in [6.45, 7) is 3.42. The van der Waals surface area contributed by atoms with E-state index in [4.69, 9.17) is 0 Å². The molecule has 2 aliphatic rings. The molecular formula is C16H20N2O2. The van der Waals surface area contributed by atoms with Gasteiger partial charge in [0.25, 0.3) is 11.8 Å². The molecule has 2 fully saturated rings. The first-order valence-electron chi connectivity index (χ1n) is 7.44. The molecule has 4 heteroatoms. The lowest BCUT2D eigenvalue weighted by atomic mass is 10.1. The predicted molar refractivity (Wildman–Crippen MR) is 76.7 cm³/mol. The van der Waals surface area contributed by atoms with Gasteiger partial charge in [0.05, 0.1) is 0 Å². The number of carbonyl (C=O) groups is 2. The van der Waals surface area contributed by atoms with Gasteiger partial charge in [0, 0.05) is 37.3 Å². The number of amides is 2. The Morgan fingerprint density at radius 3 is 1.25 bits per heavy atom. The van der Waals surface area contributed by atoms with Crippen molar-refractivity contribution in [2.24, 2.45) is 0 Å². The van der Waals surface area contributed by atoms with E-state index in [9.17, 15) is 9.59 Å². The van der Waals surface area contributed by atoms with Crippen molar-refractivity contribution in [3.05, 3.63) is 35.4 Å². The van der Waals surface area contributed by atoms with Crippen LogP contribution in [0.15, 0.2) is 24.3 Å². The van der Waals surface area contributed by atoms with E-state index in [1.807, 2.05) is 9.80 Å². The van der Waals surface area contributed by atoms with Crippen molar-refractivity contribution in [2.75, 3.05) is 26.2 Å². The molecule has 2 aliphatic heterocycles. The Bertz CT molecular complexity index is 451. The fraction of sp³-hybridized carbons (Fsp3) is 0.500. The van der Waals surface area contributed by atoms with Gasteiger partial charge in [0.2, 0.25) is 0 Å². The van der Waals surface area contributed by atoms with Crippen LogP contribution in [0.25, 0.3) is 0 Å². The van der Waals surface area contributed by atoms with Crippen molar-refractivity contribution < 1.29 is 9.59 Å². The zero-order chi connectivity index (χ0) is 13.9. The second-order valence-corrected chi connectivity index (χ2v) is 5.58. The lowest BCUT2D eigenvalue weighted by molar-refractivity contribution is 0.0781. The van der Waals surface area contributed by atoms with Crippen molar-refractivity contribution in [3.8, 4) is 0 Å². The fourth-order valence-electron chi connectivity index (χ4n) is 2.96. The third-order valence-corrected chi connectivity index (χ3v) is 4.17. The smallest absolute Gasteiger partial charge is 0.253 e. The molecule has 1 aromatic carbocycles. The highest BCUT2D eigenvalue weighted by Crippen LogP contribution is 2.16. The van der Waals surface area contributed by atoms with E-state index >= 15 is 0 Å². The lowest BCUT2D eigenvalue weighted by Gasteiger charge is -2.17. The molecule has 0 atom stereocenters. The number of nitrogens with zero attached hydrogens (tertiary/aromatic N) is 2. The maximum atomic E-state index is 12.2. The third-order valence-electron chi connectivity index (χ3n) is 4.17. The first kappa shape index (κ1) is 13.2. The van der Waals surface area contributed by atoms with Crippen molar-refractivity contribution in [3.63, 3.8) is 0 Å². The second kappa shape index (κ2) is 5.65. The Kier molecular flexibility index (Phi) is 3.72. The van der Waals surface area contributed by atoms with Crippen molar-refractivity contribution in [2.45, 2.75) is 25.7 Å². The van der Waals surface area contributed by atoms with Crippen LogP contribution >= 0.6 is 0 Å². The number of rotatable bonds is 2. The summed E-state index contributed by atoms with van der Waals surface area (Å²) in [6.07, 6.45) is 4.38. The average molecular weight is 272 g/mol. The average Bonchev–Trinajstić information content (AvgIpc) is 3.18. The quantitative estimate of drug-likeness (QED) is 0.827. The summed E-state index contributed by atoms with van der Waals surface area (Å²) in [7, 11) is 0. The van der Waals surface area contributed by atoms with E-state index in [0.29, 0.717) is 11.1 Å². The third kappa shape index (κ3) is 2.55. The van der Waals surface area contributed by atoms with Crippen molar-refractivity contribution in [1.29, 1.82) is 0 Å². The molecule has 2 saturated heterocycles. The normalized spacial score (nSPS) is 18.6. The van der Waals surface area contributed by atoms with Gasteiger partial charge in [-0.25, -0.2) is 0 Å². The Labute approximate surface area is 119 Å². The van der Waals surface area contributed by atoms with E-state index < -0.39 is 0 Å². The number of carbonyl (C=O) groups excluding carboxylic acids is 2. The van der Waals surface area contributed by atoms with Gasteiger partial charge < -0.3 is 9.80 Å². The summed E-state index contributed by atoms with van der Waals surface area (Å²) < 4.78 is 0. The van der Waals surface area contributed by atoms with Crippen molar-refractivity contribution >= 4 is 11.8 Å². The van der Waals surface area contributed by atoms with E-state index in [1.54, 1.807) is 24.3 Å². The van der Waals surface area contributed by atoms with E-state index in [2.05, 4.69) is 0 Å². The van der Waals surface area contributed by atoms with Crippen LogP contribution in [-0.2, 0) is 0 Å². The van der Waals surface area contributed by atoms with Crippen LogP contribution in [-0.4, -0.2) is 47.8 Å². The minimum Gasteiger partial charge on any atom is -0.339 e. The molecule has 0 aromatic heterocycles. The van der Waals surface area contributed by atoms with Crippen LogP contribution in [0.3, 0.4) is 0 Å². The summed E-state index contributed by atoms with van der Waals surface area (Å²) in [4.78, 5) is 28.2. The lowest BCUT2D eigenvalue weighted by Crippen LogP contribution is -2.28. The zero-order valence-corrected chi connectivity index (χ0v) is 11.7. The Morgan fingerprint density at radius 2 is 0.950 bits per heavy atom. The molecule has 0 spiro atoms. The van der Waals surface area contributed by atoms with Crippen LogP contribution in [0, 0.1) is 0 Å². The standard InChI is InChI=1S/C16H20N2O2/c19-15(17-9-1-2-10-17)13-5-7-14(8-6-13)16(20)18-11-3-4-12-18/h5-8H,1-4,9-12H2. The van der Waals surface area contributed by atoms with E-state index in [1.165, 1.54) is 0 Å². The number of hydrogen-bond donors (Lipinski definition) is 0. The SMILES string of the molecule is O=C(c1ccc(C(=O)N2CCCC2)cc1)N1CCCC1. The molecular weight excluding hydrogens is 252 g/mol. The van der Waals surface area contributed by atoms with Gasteiger partial charge in [-0.05, 0) is 49.9 Å². The van der Waals surface area contributed by atoms with E-state index in [-0.39, 0.29) is 11.8 Å². The molecule has 0 N–H and O–H groups in total. The topological polar surface area (TPSA) is 40.6 Å². The van der Waals surface area contributed by atoms with Crippen molar-refractivity contribution in [1.82, 2.24) is 9.80 Å². The van der Waals surface area contributed by atoms with Gasteiger partial charge in [0.1, 0.15) is 0 Å². The van der Waals surface area contributed by atoms with Gasteiger partial charge in [0.15, 0.2) is 0 Å². The monoisotopic (exact) mass is 272 g/mol. The molecule has 0 saturated carbocycles. The summed E-state index contributed by atoms with van der Waals surface area (Å²) in [5, 5.41) is 0. The van der Waals surface area contributed by atoms with Gasteiger partial charge in [-0.15, -0.1) is 0 Å². The van der Waals surface area contributed by atoms with Gasteiger partial charge in [-0.3, -0.25) is 9.59 Å². The highest BCUT2D eigenvalue weighted by molar-refractivity contribution is 5.98.